The lowest BCUT2D eigenvalue weighted by Crippen LogP contribution is -2.22. The molecule has 0 radical (unpaired) electrons. The molecule has 0 aliphatic heterocycles. The molecule has 0 amide bonds. The first kappa shape index (κ1) is 24.0. The van der Waals surface area contributed by atoms with E-state index in [2.05, 4.69) is 48.2 Å². The Labute approximate surface area is 221 Å². The highest BCUT2D eigenvalue weighted by atomic mass is 79.9. The SMILES string of the molecule is C/C(=N\N=c1\scc(-c2ccccc2)n1-c1ccc(Br)cc1)c1c(C)n(C)n(-c2ccccc2)c1=O. The van der Waals surface area contributed by atoms with Crippen molar-refractivity contribution in [1.29, 1.82) is 0 Å². The van der Waals surface area contributed by atoms with Gasteiger partial charge in [-0.15, -0.1) is 16.4 Å². The van der Waals surface area contributed by atoms with Crippen molar-refractivity contribution < 1.29 is 0 Å². The summed E-state index contributed by atoms with van der Waals surface area (Å²) in [6, 6.07) is 27.9. The minimum atomic E-state index is -0.116. The molecule has 0 aliphatic rings. The van der Waals surface area contributed by atoms with Crippen LogP contribution in [0.3, 0.4) is 0 Å². The molecule has 2 heterocycles. The van der Waals surface area contributed by atoms with Crippen LogP contribution < -0.4 is 10.4 Å². The first-order chi connectivity index (χ1) is 17.5. The fraction of sp³-hybridized carbons (Fsp3) is 0.107. The average Bonchev–Trinajstić information content (AvgIpc) is 3.42. The van der Waals surface area contributed by atoms with Crippen molar-refractivity contribution in [2.24, 2.45) is 17.3 Å². The predicted octanol–water partition coefficient (Wildman–Crippen LogP) is 6.09. The van der Waals surface area contributed by atoms with Crippen LogP contribution in [-0.4, -0.2) is 19.6 Å². The minimum absolute atomic E-state index is 0.116. The molecule has 36 heavy (non-hydrogen) atoms. The van der Waals surface area contributed by atoms with Crippen LogP contribution in [0.15, 0.2) is 110 Å². The molecule has 3 aromatic carbocycles. The third-order valence-corrected chi connectivity index (χ3v) is 7.41. The average molecular weight is 559 g/mol. The molecule has 0 saturated heterocycles. The van der Waals surface area contributed by atoms with E-state index in [1.807, 2.05) is 98.4 Å². The van der Waals surface area contributed by atoms with Crippen molar-refractivity contribution in [1.82, 2.24) is 13.9 Å². The lowest BCUT2D eigenvalue weighted by atomic mass is 10.1. The third-order valence-electron chi connectivity index (χ3n) is 6.06. The predicted molar refractivity (Wildman–Crippen MR) is 150 cm³/mol. The number of halogens is 1. The summed E-state index contributed by atoms with van der Waals surface area (Å²) in [4.78, 5) is 14.1. The van der Waals surface area contributed by atoms with Gasteiger partial charge >= 0.3 is 0 Å². The molecule has 5 rings (SSSR count). The molecule has 2 aromatic heterocycles. The second kappa shape index (κ2) is 10.1. The zero-order valence-corrected chi connectivity index (χ0v) is 22.5. The van der Waals surface area contributed by atoms with E-state index >= 15 is 0 Å². The molecule has 0 saturated carbocycles. The summed E-state index contributed by atoms with van der Waals surface area (Å²) in [7, 11) is 1.88. The van der Waals surface area contributed by atoms with Crippen LogP contribution in [0.1, 0.15) is 18.2 Å². The molecule has 0 fully saturated rings. The van der Waals surface area contributed by atoms with Crippen LogP contribution in [0, 0.1) is 6.92 Å². The molecule has 0 atom stereocenters. The van der Waals surface area contributed by atoms with Crippen molar-refractivity contribution in [2.45, 2.75) is 13.8 Å². The molecule has 0 unspecified atom stereocenters. The minimum Gasteiger partial charge on any atom is -0.285 e. The van der Waals surface area contributed by atoms with Crippen LogP contribution in [-0.2, 0) is 7.05 Å². The Hall–Kier alpha value is -3.75. The summed E-state index contributed by atoms with van der Waals surface area (Å²) in [6.45, 7) is 3.76. The van der Waals surface area contributed by atoms with Gasteiger partial charge in [0.15, 0.2) is 0 Å². The number of rotatable bonds is 5. The van der Waals surface area contributed by atoms with Crippen molar-refractivity contribution in [3.8, 4) is 22.6 Å². The first-order valence-electron chi connectivity index (χ1n) is 11.4. The fourth-order valence-corrected chi connectivity index (χ4v) is 5.30. The van der Waals surface area contributed by atoms with Crippen molar-refractivity contribution >= 4 is 33.0 Å². The molecule has 0 aliphatic carbocycles. The maximum Gasteiger partial charge on any atom is 0.280 e. The lowest BCUT2D eigenvalue weighted by molar-refractivity contribution is 0.630. The number of hydrogen-bond acceptors (Lipinski definition) is 4. The second-order valence-electron chi connectivity index (χ2n) is 8.30. The Kier molecular flexibility index (Phi) is 6.71. The van der Waals surface area contributed by atoms with Crippen molar-refractivity contribution in [2.75, 3.05) is 0 Å². The second-order valence-corrected chi connectivity index (χ2v) is 10.1. The summed E-state index contributed by atoms with van der Waals surface area (Å²) in [5.41, 5.74) is 5.74. The monoisotopic (exact) mass is 557 g/mol. The van der Waals surface area contributed by atoms with Crippen LogP contribution in [0.4, 0.5) is 0 Å². The van der Waals surface area contributed by atoms with Crippen LogP contribution in [0.5, 0.6) is 0 Å². The standard InChI is InChI=1S/C28H24BrN5OS/c1-19(26-20(2)32(3)34(27(26)35)24-12-8-5-9-13-24)30-31-28-33(23-16-14-22(29)15-17-23)25(18-36-28)21-10-6-4-7-11-21/h4-18H,1-3H3/b30-19+,31-28+. The summed E-state index contributed by atoms with van der Waals surface area (Å²) < 4.78 is 6.60. The van der Waals surface area contributed by atoms with Gasteiger partial charge in [-0.1, -0.05) is 64.5 Å². The molecule has 0 bridgehead atoms. The quantitative estimate of drug-likeness (QED) is 0.190. The Bertz CT molecular complexity index is 1670. The Morgan fingerprint density at radius 1 is 0.889 bits per heavy atom. The normalized spacial score (nSPS) is 12.3. The summed E-state index contributed by atoms with van der Waals surface area (Å²) >= 11 is 5.03. The van der Waals surface area contributed by atoms with Gasteiger partial charge in [0.2, 0.25) is 4.80 Å². The van der Waals surface area contributed by atoms with Crippen molar-refractivity contribution in [3.63, 3.8) is 0 Å². The highest BCUT2D eigenvalue weighted by Gasteiger charge is 2.18. The number of para-hydroxylation sites is 1. The Morgan fingerprint density at radius 3 is 2.19 bits per heavy atom. The van der Waals surface area contributed by atoms with E-state index in [1.54, 1.807) is 4.68 Å². The van der Waals surface area contributed by atoms with Gasteiger partial charge in [-0.05, 0) is 55.8 Å². The van der Waals surface area contributed by atoms with E-state index < -0.39 is 0 Å². The number of hydrogen-bond donors (Lipinski definition) is 0. The van der Waals surface area contributed by atoms with Gasteiger partial charge in [0, 0.05) is 28.3 Å². The van der Waals surface area contributed by atoms with Gasteiger partial charge < -0.3 is 0 Å². The summed E-state index contributed by atoms with van der Waals surface area (Å²) in [5, 5.41) is 11.2. The van der Waals surface area contributed by atoms with E-state index in [9.17, 15) is 4.79 Å². The van der Waals surface area contributed by atoms with Gasteiger partial charge in [0.05, 0.1) is 22.7 Å². The molecule has 0 N–H and O–H groups in total. The number of benzene rings is 3. The number of nitrogens with zero attached hydrogens (tertiary/aromatic N) is 5. The van der Waals surface area contributed by atoms with Crippen LogP contribution in [0.2, 0.25) is 0 Å². The van der Waals surface area contributed by atoms with E-state index in [1.165, 1.54) is 11.3 Å². The van der Waals surface area contributed by atoms with Crippen LogP contribution in [0.25, 0.3) is 22.6 Å². The highest BCUT2D eigenvalue weighted by Crippen LogP contribution is 2.24. The largest absolute Gasteiger partial charge is 0.285 e. The molecule has 180 valence electrons. The van der Waals surface area contributed by atoms with Crippen LogP contribution >= 0.6 is 27.3 Å². The molecule has 0 spiro atoms. The van der Waals surface area contributed by atoms with Gasteiger partial charge in [-0.25, -0.2) is 4.68 Å². The lowest BCUT2D eigenvalue weighted by Gasteiger charge is -2.09. The van der Waals surface area contributed by atoms with Gasteiger partial charge in [0.1, 0.15) is 0 Å². The zero-order chi connectivity index (χ0) is 25.2. The van der Waals surface area contributed by atoms with E-state index in [0.29, 0.717) is 16.1 Å². The molecular formula is C28H24BrN5OS. The van der Waals surface area contributed by atoms with E-state index in [0.717, 1.165) is 32.8 Å². The van der Waals surface area contributed by atoms with Crippen molar-refractivity contribution in [3.05, 3.63) is 121 Å². The highest BCUT2D eigenvalue weighted by molar-refractivity contribution is 9.10. The maximum atomic E-state index is 13.4. The topological polar surface area (TPSA) is 56.6 Å². The van der Waals surface area contributed by atoms with E-state index in [-0.39, 0.29) is 5.56 Å². The molecular weight excluding hydrogens is 534 g/mol. The third kappa shape index (κ3) is 4.45. The Balaban J connectivity index is 1.65. The smallest absolute Gasteiger partial charge is 0.280 e. The van der Waals surface area contributed by atoms with Gasteiger partial charge in [-0.3, -0.25) is 14.0 Å². The summed E-state index contributed by atoms with van der Waals surface area (Å²) in [6.07, 6.45) is 0. The first-order valence-corrected chi connectivity index (χ1v) is 13.1. The zero-order valence-electron chi connectivity index (χ0n) is 20.1. The fourth-order valence-electron chi connectivity index (χ4n) is 4.18. The molecule has 5 aromatic rings. The summed E-state index contributed by atoms with van der Waals surface area (Å²) in [5.74, 6) is 0. The molecule has 6 nitrogen and oxygen atoms in total. The Morgan fingerprint density at radius 2 is 1.53 bits per heavy atom. The maximum absolute atomic E-state index is 13.4. The molecule has 8 heteroatoms. The van der Waals surface area contributed by atoms with E-state index in [4.69, 9.17) is 0 Å². The number of aromatic nitrogens is 3. The van der Waals surface area contributed by atoms with Gasteiger partial charge in [0.25, 0.3) is 5.56 Å². The number of thiazole rings is 1. The van der Waals surface area contributed by atoms with Gasteiger partial charge in [-0.2, -0.15) is 5.10 Å².